The largest absolute Gasteiger partial charge is 0.310 e. The number of hydrogen-bond acceptors (Lipinski definition) is 1. The van der Waals surface area contributed by atoms with Crippen LogP contribution in [0.2, 0.25) is 0 Å². The molecule has 1 aromatic heterocycles. The van der Waals surface area contributed by atoms with Gasteiger partial charge >= 0.3 is 0 Å². The maximum Gasteiger partial charge on any atom is 0.0547 e. The van der Waals surface area contributed by atoms with E-state index >= 15 is 0 Å². The second kappa shape index (κ2) is 13.2. The summed E-state index contributed by atoms with van der Waals surface area (Å²) in [6, 6.07) is 79.4. The number of aromatic nitrogens is 1. The van der Waals surface area contributed by atoms with E-state index in [0.717, 1.165) is 17.1 Å². The third kappa shape index (κ3) is 5.26. The van der Waals surface area contributed by atoms with Gasteiger partial charge in [-0.25, -0.2) is 0 Å². The Balaban J connectivity index is 1.13. The molecule has 0 amide bonds. The first-order valence-electron chi connectivity index (χ1n) is 19.3. The van der Waals surface area contributed by atoms with E-state index in [0.29, 0.717) is 0 Å². The molecule has 0 radical (unpaired) electrons. The van der Waals surface area contributed by atoms with Gasteiger partial charge in [0.15, 0.2) is 0 Å². The minimum absolute atomic E-state index is 1.11. The van der Waals surface area contributed by atoms with Crippen molar-refractivity contribution in [2.24, 2.45) is 0 Å². The SMILES string of the molecule is c1ccc(-c2ccc(N(c3ccc(-c4ccccc4)cc3)c3ccc4c(c3)c3ccccc3c3cc5c(cc43)c3ccccc3n5-c3ccccc3)cc2)cc1. The van der Waals surface area contributed by atoms with Crippen LogP contribution in [0.1, 0.15) is 0 Å². The lowest BCUT2D eigenvalue weighted by molar-refractivity contribution is 1.18. The molecule has 2 nitrogen and oxygen atoms in total. The molecule has 0 fully saturated rings. The van der Waals surface area contributed by atoms with Crippen molar-refractivity contribution in [3.05, 3.63) is 218 Å². The quantitative estimate of drug-likeness (QED) is 0.156. The van der Waals surface area contributed by atoms with Gasteiger partial charge in [0, 0.05) is 33.5 Å². The standard InChI is InChI=1S/C54H36N2/c1-4-14-37(15-5-1)39-24-28-42(29-25-39)55(43-30-26-40(27-31-43)38-16-6-2-7-17-38)44-32-33-47-49(34-44)45-20-10-11-21-46(45)51-36-54-52(35-50(47)51)48-22-12-13-23-53(48)56(54)41-18-8-3-9-19-41/h1-36H. The number of nitrogens with zero attached hydrogens (tertiary/aromatic N) is 2. The summed E-state index contributed by atoms with van der Waals surface area (Å²) >= 11 is 0. The van der Waals surface area contributed by atoms with Gasteiger partial charge in [0.05, 0.1) is 11.0 Å². The van der Waals surface area contributed by atoms with Crippen molar-refractivity contribution in [1.29, 1.82) is 0 Å². The van der Waals surface area contributed by atoms with Crippen LogP contribution in [0.25, 0.3) is 82.1 Å². The smallest absolute Gasteiger partial charge is 0.0547 e. The Morgan fingerprint density at radius 3 is 1.27 bits per heavy atom. The van der Waals surface area contributed by atoms with Gasteiger partial charge in [-0.05, 0) is 121 Å². The average Bonchev–Trinajstić information content (AvgIpc) is 3.60. The van der Waals surface area contributed by atoms with E-state index in [2.05, 4.69) is 228 Å². The van der Waals surface area contributed by atoms with Crippen LogP contribution >= 0.6 is 0 Å². The van der Waals surface area contributed by atoms with Gasteiger partial charge in [0.25, 0.3) is 0 Å². The first-order valence-corrected chi connectivity index (χ1v) is 19.3. The molecule has 0 aliphatic rings. The molecule has 56 heavy (non-hydrogen) atoms. The highest BCUT2D eigenvalue weighted by Gasteiger charge is 2.19. The molecule has 0 bridgehead atoms. The molecule has 262 valence electrons. The van der Waals surface area contributed by atoms with Crippen molar-refractivity contribution in [3.63, 3.8) is 0 Å². The van der Waals surface area contributed by atoms with Crippen LogP contribution in [0.4, 0.5) is 17.1 Å². The van der Waals surface area contributed by atoms with Crippen LogP contribution < -0.4 is 4.90 Å². The molecule has 0 spiro atoms. The Bertz CT molecular complexity index is 3120. The highest BCUT2D eigenvalue weighted by atomic mass is 15.1. The van der Waals surface area contributed by atoms with Gasteiger partial charge < -0.3 is 9.47 Å². The fraction of sp³-hybridized carbons (Fsp3) is 0. The molecular weight excluding hydrogens is 677 g/mol. The zero-order valence-electron chi connectivity index (χ0n) is 30.7. The van der Waals surface area contributed by atoms with Crippen molar-refractivity contribution in [2.75, 3.05) is 4.90 Å². The van der Waals surface area contributed by atoms with E-state index in [-0.39, 0.29) is 0 Å². The Hall–Kier alpha value is -7.42. The molecule has 0 aliphatic carbocycles. The predicted molar refractivity (Wildman–Crippen MR) is 239 cm³/mol. The molecule has 0 saturated carbocycles. The lowest BCUT2D eigenvalue weighted by Gasteiger charge is -2.27. The first kappa shape index (κ1) is 32.0. The number of rotatable bonds is 6. The minimum atomic E-state index is 1.11. The Labute approximate surface area is 325 Å². The highest BCUT2D eigenvalue weighted by Crippen LogP contribution is 2.44. The van der Waals surface area contributed by atoms with Crippen LogP contribution in [-0.2, 0) is 0 Å². The molecule has 0 unspecified atom stereocenters. The normalized spacial score (nSPS) is 11.6. The second-order valence-electron chi connectivity index (χ2n) is 14.5. The summed E-state index contributed by atoms with van der Waals surface area (Å²) in [5, 5.41) is 10.0. The van der Waals surface area contributed by atoms with Crippen LogP contribution in [0.15, 0.2) is 218 Å². The molecule has 11 aromatic rings. The molecule has 0 N–H and O–H groups in total. The fourth-order valence-electron chi connectivity index (χ4n) is 8.71. The maximum absolute atomic E-state index is 2.43. The minimum Gasteiger partial charge on any atom is -0.310 e. The van der Waals surface area contributed by atoms with Gasteiger partial charge in [-0.3, -0.25) is 0 Å². The lowest BCUT2D eigenvalue weighted by Crippen LogP contribution is -2.10. The van der Waals surface area contributed by atoms with Crippen molar-refractivity contribution in [3.8, 4) is 27.9 Å². The third-order valence-corrected chi connectivity index (χ3v) is 11.4. The summed E-state index contributed by atoms with van der Waals surface area (Å²) in [6.45, 7) is 0. The number of anilines is 3. The number of para-hydroxylation sites is 2. The zero-order chi connectivity index (χ0) is 37.0. The van der Waals surface area contributed by atoms with Gasteiger partial charge in [-0.1, -0.05) is 152 Å². The summed E-state index contributed by atoms with van der Waals surface area (Å²) in [7, 11) is 0. The van der Waals surface area contributed by atoms with Gasteiger partial charge in [-0.15, -0.1) is 0 Å². The van der Waals surface area contributed by atoms with Gasteiger partial charge in [0.1, 0.15) is 0 Å². The number of benzene rings is 10. The highest BCUT2D eigenvalue weighted by molar-refractivity contribution is 6.29. The van der Waals surface area contributed by atoms with Crippen molar-refractivity contribution in [2.45, 2.75) is 0 Å². The summed E-state index contributed by atoms with van der Waals surface area (Å²) in [5.41, 5.74) is 11.8. The molecule has 0 saturated heterocycles. The lowest BCUT2D eigenvalue weighted by atomic mass is 9.92. The van der Waals surface area contributed by atoms with E-state index in [4.69, 9.17) is 0 Å². The molecule has 0 aliphatic heterocycles. The molecular formula is C54H36N2. The predicted octanol–water partition coefficient (Wildman–Crippen LogP) is 15.0. The maximum atomic E-state index is 2.43. The number of fused-ring (bicyclic) bond motifs is 9. The summed E-state index contributed by atoms with van der Waals surface area (Å²) in [6.07, 6.45) is 0. The number of hydrogen-bond donors (Lipinski definition) is 0. The topological polar surface area (TPSA) is 8.17 Å². The van der Waals surface area contributed by atoms with Crippen LogP contribution in [0.3, 0.4) is 0 Å². The summed E-state index contributed by atoms with van der Waals surface area (Å²) < 4.78 is 2.41. The van der Waals surface area contributed by atoms with E-state index in [9.17, 15) is 0 Å². The average molecular weight is 713 g/mol. The van der Waals surface area contributed by atoms with Gasteiger partial charge in [-0.2, -0.15) is 0 Å². The van der Waals surface area contributed by atoms with E-state index in [1.54, 1.807) is 0 Å². The molecule has 2 heteroatoms. The Morgan fingerprint density at radius 1 is 0.250 bits per heavy atom. The van der Waals surface area contributed by atoms with Crippen molar-refractivity contribution in [1.82, 2.24) is 4.57 Å². The molecule has 1 heterocycles. The second-order valence-corrected chi connectivity index (χ2v) is 14.5. The van der Waals surface area contributed by atoms with Crippen molar-refractivity contribution < 1.29 is 0 Å². The van der Waals surface area contributed by atoms with Crippen molar-refractivity contribution >= 4 is 71.2 Å². The van der Waals surface area contributed by atoms with Crippen LogP contribution in [0, 0.1) is 0 Å². The van der Waals surface area contributed by atoms with Crippen LogP contribution in [-0.4, -0.2) is 4.57 Å². The zero-order valence-corrected chi connectivity index (χ0v) is 30.7. The third-order valence-electron chi connectivity index (χ3n) is 11.4. The Kier molecular flexibility index (Phi) is 7.53. The van der Waals surface area contributed by atoms with Gasteiger partial charge in [0.2, 0.25) is 0 Å². The molecule has 0 atom stereocenters. The van der Waals surface area contributed by atoms with E-state index in [1.807, 2.05) is 0 Å². The molecule has 11 rings (SSSR count). The van der Waals surface area contributed by atoms with E-state index in [1.165, 1.54) is 82.1 Å². The Morgan fingerprint density at radius 2 is 0.679 bits per heavy atom. The monoisotopic (exact) mass is 712 g/mol. The summed E-state index contributed by atoms with van der Waals surface area (Å²) in [5.74, 6) is 0. The summed E-state index contributed by atoms with van der Waals surface area (Å²) in [4.78, 5) is 2.39. The van der Waals surface area contributed by atoms with Crippen LogP contribution in [0.5, 0.6) is 0 Å². The van der Waals surface area contributed by atoms with E-state index < -0.39 is 0 Å². The molecule has 10 aromatic carbocycles. The first-order chi connectivity index (χ1) is 27.8. The fourth-order valence-corrected chi connectivity index (χ4v) is 8.71.